The molecule has 0 saturated heterocycles. The van der Waals surface area contributed by atoms with Crippen molar-refractivity contribution in [3.63, 3.8) is 0 Å². The molecule has 0 fully saturated rings. The third kappa shape index (κ3) is 4.75. The Morgan fingerprint density at radius 3 is 2.65 bits per heavy atom. The number of carbonyl (C=O) groups is 1. The van der Waals surface area contributed by atoms with E-state index in [2.05, 4.69) is 15.3 Å². The van der Waals surface area contributed by atoms with E-state index in [0.29, 0.717) is 19.1 Å². The maximum Gasteiger partial charge on any atom is 0.243 e. The number of hydrogen-bond acceptors (Lipinski definition) is 5. The molecule has 1 N–H and O–H groups in total. The van der Waals surface area contributed by atoms with Gasteiger partial charge in [0.1, 0.15) is 5.75 Å². The highest BCUT2D eigenvalue weighted by Gasteiger charge is 2.20. The second kappa shape index (κ2) is 8.24. The SMILES string of the molecule is CCOc1ccccc1CN(C)C(C)C(=O)Nc1ncccn1. The average Bonchev–Trinajstić information content (AvgIpc) is 2.57. The van der Waals surface area contributed by atoms with Gasteiger partial charge < -0.3 is 4.74 Å². The molecule has 1 aromatic heterocycles. The molecule has 0 aliphatic heterocycles. The van der Waals surface area contributed by atoms with Gasteiger partial charge in [0.2, 0.25) is 11.9 Å². The Kier molecular flexibility index (Phi) is 6.05. The van der Waals surface area contributed by atoms with Crippen molar-refractivity contribution in [2.75, 3.05) is 19.0 Å². The van der Waals surface area contributed by atoms with Crippen LogP contribution >= 0.6 is 0 Å². The van der Waals surface area contributed by atoms with Crippen molar-refractivity contribution >= 4 is 11.9 Å². The van der Waals surface area contributed by atoms with Gasteiger partial charge in [0.25, 0.3) is 0 Å². The molecular formula is C17H22N4O2. The minimum Gasteiger partial charge on any atom is -0.494 e. The van der Waals surface area contributed by atoms with Crippen LogP contribution in [0.25, 0.3) is 0 Å². The summed E-state index contributed by atoms with van der Waals surface area (Å²) in [5.41, 5.74) is 1.05. The van der Waals surface area contributed by atoms with Gasteiger partial charge in [0.05, 0.1) is 12.6 Å². The van der Waals surface area contributed by atoms with Gasteiger partial charge in [-0.1, -0.05) is 18.2 Å². The topological polar surface area (TPSA) is 67.3 Å². The number of hydrogen-bond donors (Lipinski definition) is 1. The van der Waals surface area contributed by atoms with Crippen molar-refractivity contribution in [1.29, 1.82) is 0 Å². The van der Waals surface area contributed by atoms with E-state index in [0.717, 1.165) is 11.3 Å². The summed E-state index contributed by atoms with van der Waals surface area (Å²) in [6.45, 7) is 5.03. The minimum atomic E-state index is -0.325. The molecule has 0 spiro atoms. The molecule has 0 saturated carbocycles. The Morgan fingerprint density at radius 1 is 1.26 bits per heavy atom. The maximum absolute atomic E-state index is 12.3. The van der Waals surface area contributed by atoms with Crippen LogP contribution in [0, 0.1) is 0 Å². The second-order valence-electron chi connectivity index (χ2n) is 5.19. The van der Waals surface area contributed by atoms with Gasteiger partial charge in [-0.05, 0) is 33.0 Å². The van der Waals surface area contributed by atoms with Crippen LogP contribution in [0.4, 0.5) is 5.95 Å². The summed E-state index contributed by atoms with van der Waals surface area (Å²) in [5.74, 6) is 1.01. The van der Waals surface area contributed by atoms with E-state index in [1.54, 1.807) is 18.5 Å². The van der Waals surface area contributed by atoms with Gasteiger partial charge in [-0.15, -0.1) is 0 Å². The number of likely N-dealkylation sites (N-methyl/N-ethyl adjacent to an activating group) is 1. The monoisotopic (exact) mass is 314 g/mol. The highest BCUT2D eigenvalue weighted by molar-refractivity contribution is 5.92. The first-order chi connectivity index (χ1) is 11.1. The van der Waals surface area contributed by atoms with E-state index in [-0.39, 0.29) is 11.9 Å². The number of ether oxygens (including phenoxy) is 1. The van der Waals surface area contributed by atoms with Crippen molar-refractivity contribution in [1.82, 2.24) is 14.9 Å². The average molecular weight is 314 g/mol. The summed E-state index contributed by atoms with van der Waals surface area (Å²) >= 11 is 0. The molecule has 1 aromatic carbocycles. The molecule has 0 aliphatic carbocycles. The molecule has 6 heteroatoms. The lowest BCUT2D eigenvalue weighted by atomic mass is 10.1. The molecule has 122 valence electrons. The fraction of sp³-hybridized carbons (Fsp3) is 0.353. The molecular weight excluding hydrogens is 292 g/mol. The molecule has 2 aromatic rings. The Balaban J connectivity index is 1.99. The lowest BCUT2D eigenvalue weighted by Crippen LogP contribution is -2.39. The summed E-state index contributed by atoms with van der Waals surface area (Å²) in [6, 6.07) is 9.23. The number of rotatable bonds is 7. The Labute approximate surface area is 136 Å². The third-order valence-electron chi connectivity index (χ3n) is 3.53. The summed E-state index contributed by atoms with van der Waals surface area (Å²) < 4.78 is 5.63. The molecule has 1 unspecified atom stereocenters. The van der Waals surface area contributed by atoms with Gasteiger partial charge in [-0.2, -0.15) is 0 Å². The summed E-state index contributed by atoms with van der Waals surface area (Å²) in [6.07, 6.45) is 3.19. The number of nitrogens with zero attached hydrogens (tertiary/aromatic N) is 3. The van der Waals surface area contributed by atoms with Gasteiger partial charge in [-0.3, -0.25) is 15.0 Å². The van der Waals surface area contributed by atoms with Crippen LogP contribution in [0.3, 0.4) is 0 Å². The number of carbonyl (C=O) groups excluding carboxylic acids is 1. The van der Waals surface area contributed by atoms with Crippen LogP contribution in [-0.4, -0.2) is 40.5 Å². The van der Waals surface area contributed by atoms with Crippen molar-refractivity contribution in [3.8, 4) is 5.75 Å². The van der Waals surface area contributed by atoms with Gasteiger partial charge >= 0.3 is 0 Å². The van der Waals surface area contributed by atoms with Crippen LogP contribution in [0.1, 0.15) is 19.4 Å². The molecule has 0 aliphatic rings. The molecule has 0 bridgehead atoms. The van der Waals surface area contributed by atoms with Crippen LogP contribution in [-0.2, 0) is 11.3 Å². The smallest absolute Gasteiger partial charge is 0.243 e. The number of nitrogens with one attached hydrogen (secondary N) is 1. The van der Waals surface area contributed by atoms with Crippen molar-refractivity contribution in [2.24, 2.45) is 0 Å². The molecule has 1 atom stereocenters. The Hall–Kier alpha value is -2.47. The van der Waals surface area contributed by atoms with Gasteiger partial charge in [0.15, 0.2) is 0 Å². The largest absolute Gasteiger partial charge is 0.494 e. The predicted molar refractivity (Wildman–Crippen MR) is 89.2 cm³/mol. The van der Waals surface area contributed by atoms with E-state index in [4.69, 9.17) is 4.74 Å². The highest BCUT2D eigenvalue weighted by atomic mass is 16.5. The van der Waals surface area contributed by atoms with E-state index in [9.17, 15) is 4.79 Å². The Bertz CT molecular complexity index is 634. The first-order valence-corrected chi connectivity index (χ1v) is 7.60. The lowest BCUT2D eigenvalue weighted by molar-refractivity contribution is -0.120. The van der Waals surface area contributed by atoms with E-state index in [1.165, 1.54) is 0 Å². The van der Waals surface area contributed by atoms with Crippen LogP contribution < -0.4 is 10.1 Å². The van der Waals surface area contributed by atoms with Gasteiger partial charge in [-0.25, -0.2) is 9.97 Å². The first kappa shape index (κ1) is 16.9. The second-order valence-corrected chi connectivity index (χ2v) is 5.19. The highest BCUT2D eigenvalue weighted by Crippen LogP contribution is 2.20. The zero-order valence-electron chi connectivity index (χ0n) is 13.7. The summed E-state index contributed by atoms with van der Waals surface area (Å²) in [7, 11) is 1.90. The summed E-state index contributed by atoms with van der Waals surface area (Å²) in [4.78, 5) is 22.2. The predicted octanol–water partition coefficient (Wildman–Crippen LogP) is 2.33. The van der Waals surface area contributed by atoms with Crippen LogP contribution in [0.2, 0.25) is 0 Å². The fourth-order valence-electron chi connectivity index (χ4n) is 2.11. The zero-order chi connectivity index (χ0) is 16.7. The number of benzene rings is 1. The van der Waals surface area contributed by atoms with E-state index >= 15 is 0 Å². The summed E-state index contributed by atoms with van der Waals surface area (Å²) in [5, 5.41) is 2.71. The number of anilines is 1. The standard InChI is InChI=1S/C17H22N4O2/c1-4-23-15-9-6-5-8-14(15)12-21(3)13(2)16(22)20-17-18-10-7-11-19-17/h5-11,13H,4,12H2,1-3H3,(H,18,19,20,22). The van der Waals surface area contributed by atoms with Crippen molar-refractivity contribution < 1.29 is 9.53 Å². The maximum atomic E-state index is 12.3. The van der Waals surface area contributed by atoms with E-state index in [1.807, 2.05) is 50.1 Å². The number of aromatic nitrogens is 2. The van der Waals surface area contributed by atoms with Crippen molar-refractivity contribution in [2.45, 2.75) is 26.4 Å². The van der Waals surface area contributed by atoms with Crippen LogP contribution in [0.15, 0.2) is 42.7 Å². The fourth-order valence-corrected chi connectivity index (χ4v) is 2.11. The molecule has 1 heterocycles. The number of amides is 1. The van der Waals surface area contributed by atoms with E-state index < -0.39 is 0 Å². The molecule has 2 rings (SSSR count). The Morgan fingerprint density at radius 2 is 1.96 bits per heavy atom. The van der Waals surface area contributed by atoms with Crippen LogP contribution in [0.5, 0.6) is 5.75 Å². The zero-order valence-corrected chi connectivity index (χ0v) is 13.7. The lowest BCUT2D eigenvalue weighted by Gasteiger charge is -2.24. The molecule has 1 amide bonds. The molecule has 23 heavy (non-hydrogen) atoms. The molecule has 0 radical (unpaired) electrons. The number of para-hydroxylation sites is 1. The molecule has 6 nitrogen and oxygen atoms in total. The quantitative estimate of drug-likeness (QED) is 0.849. The minimum absolute atomic E-state index is 0.146. The third-order valence-corrected chi connectivity index (χ3v) is 3.53. The van der Waals surface area contributed by atoms with Crippen molar-refractivity contribution in [3.05, 3.63) is 48.3 Å². The van der Waals surface area contributed by atoms with Gasteiger partial charge in [0, 0.05) is 24.5 Å². The first-order valence-electron chi connectivity index (χ1n) is 7.60. The normalized spacial score (nSPS) is 12.0.